The summed E-state index contributed by atoms with van der Waals surface area (Å²) >= 11 is 0. The number of nitrogens with one attached hydrogen (secondary N) is 3. The van der Waals surface area contributed by atoms with Crippen molar-refractivity contribution in [3.8, 4) is 0 Å². The van der Waals surface area contributed by atoms with Gasteiger partial charge in [-0.2, -0.15) is 0 Å². The van der Waals surface area contributed by atoms with E-state index in [0.717, 1.165) is 0 Å². The van der Waals surface area contributed by atoms with Crippen LogP contribution in [0.5, 0.6) is 0 Å². The quantitative estimate of drug-likeness (QED) is 0.105. The molecule has 1 rings (SSSR count). The molecule has 208 valence electrons. The summed E-state index contributed by atoms with van der Waals surface area (Å²) in [5.74, 6) is -7.94. The van der Waals surface area contributed by atoms with Gasteiger partial charge in [0.25, 0.3) is 0 Å². The van der Waals surface area contributed by atoms with Crippen molar-refractivity contribution in [1.29, 1.82) is 0 Å². The van der Waals surface area contributed by atoms with E-state index < -0.39 is 72.1 Å². The number of carboxylic acids is 3. The Morgan fingerprint density at radius 1 is 0.711 bits per heavy atom. The highest BCUT2D eigenvalue weighted by Gasteiger charge is 2.31. The molecule has 4 atom stereocenters. The number of benzene rings is 1. The Hall–Kier alpha value is -4.53. The molecule has 1 aromatic carbocycles. The normalized spacial score (nSPS) is 13.7. The molecule has 0 bridgehead atoms. The van der Waals surface area contributed by atoms with Crippen molar-refractivity contribution in [3.05, 3.63) is 35.9 Å². The predicted octanol–water partition coefficient (Wildman–Crippen LogP) is -2.30. The molecule has 38 heavy (non-hydrogen) atoms. The maximum atomic E-state index is 13.2. The molecule has 0 radical (unpaired) electrons. The van der Waals surface area contributed by atoms with Crippen LogP contribution in [-0.4, -0.2) is 81.0 Å². The fourth-order valence-corrected chi connectivity index (χ4v) is 3.22. The first-order valence-corrected chi connectivity index (χ1v) is 11.5. The van der Waals surface area contributed by atoms with E-state index in [0.29, 0.717) is 5.56 Å². The summed E-state index contributed by atoms with van der Waals surface area (Å²) in [6.07, 6.45) is -2.34. The Balaban J connectivity index is 3.13. The van der Waals surface area contributed by atoms with Gasteiger partial charge in [0.1, 0.15) is 18.1 Å². The molecule has 0 saturated carbocycles. The lowest BCUT2D eigenvalue weighted by Crippen LogP contribution is -2.57. The van der Waals surface area contributed by atoms with Gasteiger partial charge >= 0.3 is 17.9 Å². The standard InChI is InChI=1S/C23H31N5O10/c24-13(6-9-18(30)31)20(34)27-15(10-12-4-2-1-3-5-12)22(36)26-14(7-8-17(25)29)21(35)28-16(23(37)38)11-19(32)33/h1-5,13-16H,6-11,24H2,(H2,25,29)(H,26,36)(H,27,34)(H,28,35)(H,30,31)(H,32,33)(H,37,38). The zero-order valence-corrected chi connectivity index (χ0v) is 20.3. The van der Waals surface area contributed by atoms with Crippen LogP contribution in [-0.2, 0) is 40.0 Å². The Kier molecular flexibility index (Phi) is 12.9. The second-order valence-corrected chi connectivity index (χ2v) is 8.35. The number of hydrogen-bond acceptors (Lipinski definition) is 8. The van der Waals surface area contributed by atoms with Crippen molar-refractivity contribution in [3.63, 3.8) is 0 Å². The van der Waals surface area contributed by atoms with Gasteiger partial charge < -0.3 is 42.7 Å². The van der Waals surface area contributed by atoms with Gasteiger partial charge in [0.2, 0.25) is 23.6 Å². The van der Waals surface area contributed by atoms with Gasteiger partial charge in [-0.05, 0) is 18.4 Å². The molecule has 1 aromatic rings. The van der Waals surface area contributed by atoms with Crippen LogP contribution in [0.2, 0.25) is 0 Å². The maximum absolute atomic E-state index is 13.2. The smallest absolute Gasteiger partial charge is 0.326 e. The second-order valence-electron chi connectivity index (χ2n) is 8.35. The Morgan fingerprint density at radius 3 is 1.79 bits per heavy atom. The van der Waals surface area contributed by atoms with Crippen LogP contribution in [0.3, 0.4) is 0 Å². The first-order valence-electron chi connectivity index (χ1n) is 11.5. The second kappa shape index (κ2) is 15.6. The van der Waals surface area contributed by atoms with E-state index in [-0.39, 0.29) is 32.1 Å². The highest BCUT2D eigenvalue weighted by atomic mass is 16.4. The molecular formula is C23H31N5O10. The van der Waals surface area contributed by atoms with E-state index in [1.807, 2.05) is 5.32 Å². The minimum atomic E-state index is -1.82. The third-order valence-electron chi connectivity index (χ3n) is 5.23. The summed E-state index contributed by atoms with van der Waals surface area (Å²) in [7, 11) is 0. The molecule has 15 nitrogen and oxygen atoms in total. The summed E-state index contributed by atoms with van der Waals surface area (Å²) in [5, 5.41) is 33.6. The third-order valence-corrected chi connectivity index (χ3v) is 5.23. The van der Waals surface area contributed by atoms with Crippen LogP contribution in [0.25, 0.3) is 0 Å². The number of carboxylic acid groups (broad SMARTS) is 3. The molecule has 0 saturated heterocycles. The third kappa shape index (κ3) is 11.9. The minimum Gasteiger partial charge on any atom is -0.481 e. The van der Waals surface area contributed by atoms with Gasteiger partial charge in [0.15, 0.2) is 0 Å². The fourth-order valence-electron chi connectivity index (χ4n) is 3.22. The Morgan fingerprint density at radius 2 is 1.26 bits per heavy atom. The summed E-state index contributed by atoms with van der Waals surface area (Å²) in [5.41, 5.74) is 11.5. The van der Waals surface area contributed by atoms with Crippen LogP contribution >= 0.6 is 0 Å². The van der Waals surface area contributed by atoms with Crippen molar-refractivity contribution in [2.24, 2.45) is 11.5 Å². The molecule has 4 amide bonds. The number of primary amides is 1. The number of rotatable bonds is 17. The molecule has 0 aliphatic rings. The van der Waals surface area contributed by atoms with Crippen LogP contribution in [0.4, 0.5) is 0 Å². The molecule has 0 heterocycles. The molecule has 10 N–H and O–H groups in total. The van der Waals surface area contributed by atoms with Crippen LogP contribution in [0.1, 0.15) is 37.7 Å². The predicted molar refractivity (Wildman–Crippen MR) is 129 cm³/mol. The number of amides is 4. The zero-order chi connectivity index (χ0) is 28.8. The first-order chi connectivity index (χ1) is 17.8. The van der Waals surface area contributed by atoms with Crippen molar-refractivity contribution in [2.45, 2.75) is 62.7 Å². The minimum absolute atomic E-state index is 0.0645. The number of carbonyl (C=O) groups excluding carboxylic acids is 4. The lowest BCUT2D eigenvalue weighted by Gasteiger charge is -2.25. The highest BCUT2D eigenvalue weighted by molar-refractivity contribution is 5.95. The number of nitrogens with two attached hydrogens (primary N) is 2. The van der Waals surface area contributed by atoms with Crippen molar-refractivity contribution in [1.82, 2.24) is 16.0 Å². The SMILES string of the molecule is NC(=O)CCC(NC(=O)C(Cc1ccccc1)NC(=O)C(N)CCC(=O)O)C(=O)NC(CC(=O)O)C(=O)O. The molecule has 0 aromatic heterocycles. The van der Waals surface area contributed by atoms with E-state index in [1.54, 1.807) is 30.3 Å². The topological polar surface area (TPSA) is 268 Å². The zero-order valence-electron chi connectivity index (χ0n) is 20.3. The maximum Gasteiger partial charge on any atom is 0.326 e. The van der Waals surface area contributed by atoms with E-state index in [2.05, 4.69) is 10.6 Å². The molecule has 0 fully saturated rings. The van der Waals surface area contributed by atoms with Crippen molar-refractivity contribution < 1.29 is 48.9 Å². The van der Waals surface area contributed by atoms with Gasteiger partial charge in [0.05, 0.1) is 12.5 Å². The number of carbonyl (C=O) groups is 7. The molecule has 0 aliphatic heterocycles. The van der Waals surface area contributed by atoms with Gasteiger partial charge in [-0.1, -0.05) is 30.3 Å². The largest absolute Gasteiger partial charge is 0.481 e. The van der Waals surface area contributed by atoms with E-state index in [9.17, 15) is 38.7 Å². The lowest BCUT2D eigenvalue weighted by molar-refractivity contribution is -0.147. The van der Waals surface area contributed by atoms with E-state index in [1.165, 1.54) is 0 Å². The molecular weight excluding hydrogens is 506 g/mol. The average molecular weight is 538 g/mol. The average Bonchev–Trinajstić information content (AvgIpc) is 2.83. The van der Waals surface area contributed by atoms with Crippen LogP contribution < -0.4 is 27.4 Å². The van der Waals surface area contributed by atoms with Gasteiger partial charge in [-0.15, -0.1) is 0 Å². The Bertz CT molecular complexity index is 1030. The van der Waals surface area contributed by atoms with Crippen molar-refractivity contribution in [2.75, 3.05) is 0 Å². The van der Waals surface area contributed by atoms with Gasteiger partial charge in [-0.3, -0.25) is 28.8 Å². The number of hydrogen-bond donors (Lipinski definition) is 8. The number of aliphatic carboxylic acids is 3. The monoisotopic (exact) mass is 537 g/mol. The fraction of sp³-hybridized carbons (Fsp3) is 0.435. The molecule has 0 aliphatic carbocycles. The molecule has 4 unspecified atom stereocenters. The van der Waals surface area contributed by atoms with Gasteiger partial charge in [-0.25, -0.2) is 4.79 Å². The van der Waals surface area contributed by atoms with E-state index in [4.69, 9.17) is 21.7 Å². The van der Waals surface area contributed by atoms with Crippen LogP contribution in [0, 0.1) is 0 Å². The summed E-state index contributed by atoms with van der Waals surface area (Å²) < 4.78 is 0. The van der Waals surface area contributed by atoms with Crippen LogP contribution in [0.15, 0.2) is 30.3 Å². The van der Waals surface area contributed by atoms with Crippen molar-refractivity contribution >= 4 is 41.5 Å². The molecule has 15 heteroatoms. The van der Waals surface area contributed by atoms with E-state index >= 15 is 0 Å². The summed E-state index contributed by atoms with van der Waals surface area (Å²) in [4.78, 5) is 82.8. The first kappa shape index (κ1) is 31.5. The Labute approximate surface area is 216 Å². The lowest BCUT2D eigenvalue weighted by atomic mass is 10.0. The highest BCUT2D eigenvalue weighted by Crippen LogP contribution is 2.07. The van der Waals surface area contributed by atoms with Gasteiger partial charge in [0, 0.05) is 19.3 Å². The molecule has 0 spiro atoms. The summed E-state index contributed by atoms with van der Waals surface area (Å²) in [6.45, 7) is 0. The summed E-state index contributed by atoms with van der Waals surface area (Å²) in [6, 6.07) is 2.53.